The number of imide groups is 1. The van der Waals surface area contributed by atoms with Gasteiger partial charge in [-0.1, -0.05) is 12.1 Å². The molecule has 0 radical (unpaired) electrons. The number of carbonyl (C=O) groups is 2. The highest BCUT2D eigenvalue weighted by molar-refractivity contribution is 6.35. The number of methoxy groups -OCH3 is 1. The van der Waals surface area contributed by atoms with E-state index in [0.717, 1.165) is 4.90 Å². The summed E-state index contributed by atoms with van der Waals surface area (Å²) in [6, 6.07) is 11.7. The zero-order chi connectivity index (χ0) is 16.7. The van der Waals surface area contributed by atoms with Gasteiger partial charge < -0.3 is 4.74 Å². The van der Waals surface area contributed by atoms with E-state index in [0.29, 0.717) is 34.0 Å². The molecule has 1 aliphatic heterocycles. The van der Waals surface area contributed by atoms with E-state index >= 15 is 0 Å². The van der Waals surface area contributed by atoms with Crippen molar-refractivity contribution in [2.45, 2.75) is 0 Å². The van der Waals surface area contributed by atoms with Crippen LogP contribution in [0.5, 0.6) is 5.75 Å². The van der Waals surface area contributed by atoms with Gasteiger partial charge in [0.25, 0.3) is 11.8 Å². The summed E-state index contributed by atoms with van der Waals surface area (Å²) in [5.74, 6) is 0.0807. The predicted molar refractivity (Wildman–Crippen MR) is 83.7 cm³/mol. The first-order valence-electron chi connectivity index (χ1n) is 7.10. The highest BCUT2D eigenvalue weighted by Crippen LogP contribution is 2.36. The molecule has 0 saturated carbocycles. The van der Waals surface area contributed by atoms with Gasteiger partial charge in [-0.15, -0.1) is 5.10 Å². The van der Waals surface area contributed by atoms with Gasteiger partial charge >= 0.3 is 0 Å². The molecule has 1 aliphatic rings. The van der Waals surface area contributed by atoms with Gasteiger partial charge in [-0.3, -0.25) is 9.59 Å². The van der Waals surface area contributed by atoms with Crippen molar-refractivity contribution in [3.05, 3.63) is 53.6 Å². The number of nitrogens with one attached hydrogen (secondary N) is 1. The monoisotopic (exact) mass is 321 g/mol. The van der Waals surface area contributed by atoms with E-state index in [9.17, 15) is 9.59 Å². The lowest BCUT2D eigenvalue weighted by Gasteiger charge is -2.18. The van der Waals surface area contributed by atoms with Crippen LogP contribution in [0.2, 0.25) is 0 Å². The zero-order valence-electron chi connectivity index (χ0n) is 12.6. The highest BCUT2D eigenvalue weighted by Gasteiger charge is 2.38. The molecule has 0 fully saturated rings. The summed E-state index contributed by atoms with van der Waals surface area (Å²) in [4.78, 5) is 26.6. The molecule has 0 unspecified atom stereocenters. The van der Waals surface area contributed by atoms with E-state index < -0.39 is 11.8 Å². The minimum absolute atomic E-state index is 0.351. The van der Waals surface area contributed by atoms with Crippen LogP contribution in [0.1, 0.15) is 20.7 Å². The molecule has 8 heteroatoms. The van der Waals surface area contributed by atoms with Gasteiger partial charge in [0.1, 0.15) is 5.75 Å². The summed E-state index contributed by atoms with van der Waals surface area (Å²) in [6.45, 7) is 0. The Kier molecular flexibility index (Phi) is 3.09. The fourth-order valence-corrected chi connectivity index (χ4v) is 2.70. The van der Waals surface area contributed by atoms with E-state index in [1.54, 1.807) is 42.5 Å². The van der Waals surface area contributed by atoms with Crippen LogP contribution in [-0.4, -0.2) is 39.5 Å². The first kappa shape index (κ1) is 14.1. The molecule has 0 saturated heterocycles. The number of aromatic amines is 1. The van der Waals surface area contributed by atoms with E-state index in [1.165, 1.54) is 7.11 Å². The summed E-state index contributed by atoms with van der Waals surface area (Å²) in [5, 5.41) is 13.6. The van der Waals surface area contributed by atoms with Crippen molar-refractivity contribution in [2.75, 3.05) is 12.0 Å². The second-order valence-electron chi connectivity index (χ2n) is 5.12. The van der Waals surface area contributed by atoms with Gasteiger partial charge in [-0.25, -0.2) is 10.00 Å². The molecule has 2 heterocycles. The number of H-pyrrole nitrogens is 1. The Morgan fingerprint density at radius 1 is 1.00 bits per heavy atom. The van der Waals surface area contributed by atoms with Crippen LogP contribution in [0.15, 0.2) is 42.5 Å². The molecule has 0 bridgehead atoms. The van der Waals surface area contributed by atoms with Gasteiger partial charge in [-0.05, 0) is 34.7 Å². The zero-order valence-corrected chi connectivity index (χ0v) is 12.6. The molecular weight excluding hydrogens is 310 g/mol. The quantitative estimate of drug-likeness (QED) is 0.736. The standard InChI is InChI=1S/C16H11N5O3/c1-24-9-6-7-12(14-17-19-20-18-14)13(8-9)21-15(22)10-4-2-3-5-11(10)16(21)23/h2-8H,1H3,(H,17,18,19,20). The van der Waals surface area contributed by atoms with Gasteiger partial charge in [0, 0.05) is 11.6 Å². The average molecular weight is 321 g/mol. The normalized spacial score (nSPS) is 13.3. The van der Waals surface area contributed by atoms with Gasteiger partial charge in [0.05, 0.1) is 23.9 Å². The molecule has 118 valence electrons. The summed E-state index contributed by atoms with van der Waals surface area (Å²) < 4.78 is 5.22. The largest absolute Gasteiger partial charge is 0.497 e. The number of carbonyl (C=O) groups excluding carboxylic acids is 2. The van der Waals surface area contributed by atoms with Gasteiger partial charge in [0.2, 0.25) is 0 Å². The molecule has 3 aromatic rings. The lowest BCUT2D eigenvalue weighted by atomic mass is 10.1. The molecule has 0 aliphatic carbocycles. The first-order chi connectivity index (χ1) is 11.7. The minimum atomic E-state index is -0.391. The average Bonchev–Trinajstić information content (AvgIpc) is 3.23. The summed E-state index contributed by atoms with van der Waals surface area (Å²) in [5.41, 5.74) is 1.62. The second-order valence-corrected chi connectivity index (χ2v) is 5.12. The Bertz CT molecular complexity index is 917. The van der Waals surface area contributed by atoms with Crippen LogP contribution in [0.3, 0.4) is 0 Å². The van der Waals surface area contributed by atoms with Crippen LogP contribution in [0.4, 0.5) is 5.69 Å². The lowest BCUT2D eigenvalue weighted by molar-refractivity contribution is 0.0926. The van der Waals surface area contributed by atoms with Crippen LogP contribution in [0, 0.1) is 0 Å². The smallest absolute Gasteiger partial charge is 0.266 e. The highest BCUT2D eigenvalue weighted by atomic mass is 16.5. The molecule has 1 aromatic heterocycles. The Morgan fingerprint density at radius 3 is 2.29 bits per heavy atom. The fraction of sp³-hybridized carbons (Fsp3) is 0.0625. The molecule has 1 N–H and O–H groups in total. The van der Waals surface area contributed by atoms with Crippen molar-refractivity contribution in [1.29, 1.82) is 0 Å². The molecule has 4 rings (SSSR count). The van der Waals surface area contributed by atoms with Crippen molar-refractivity contribution >= 4 is 17.5 Å². The summed E-state index contributed by atoms with van der Waals surface area (Å²) in [6.07, 6.45) is 0. The number of nitrogens with zero attached hydrogens (tertiary/aromatic N) is 4. The molecule has 2 amide bonds. The van der Waals surface area contributed by atoms with Crippen LogP contribution < -0.4 is 9.64 Å². The number of fused-ring (bicyclic) bond motifs is 1. The maximum Gasteiger partial charge on any atom is 0.266 e. The number of rotatable bonds is 3. The summed E-state index contributed by atoms with van der Waals surface area (Å²) >= 11 is 0. The van der Waals surface area contributed by atoms with Crippen LogP contribution in [-0.2, 0) is 0 Å². The number of anilines is 1. The number of tetrazole rings is 1. The third-order valence-electron chi connectivity index (χ3n) is 3.84. The van der Waals surface area contributed by atoms with E-state index in [-0.39, 0.29) is 0 Å². The maximum atomic E-state index is 12.7. The number of hydrogen-bond acceptors (Lipinski definition) is 6. The third kappa shape index (κ3) is 1.97. The molecule has 8 nitrogen and oxygen atoms in total. The van der Waals surface area contributed by atoms with Crippen molar-refractivity contribution in [3.8, 4) is 17.1 Å². The van der Waals surface area contributed by atoms with Crippen LogP contribution >= 0.6 is 0 Å². The summed E-state index contributed by atoms with van der Waals surface area (Å²) in [7, 11) is 1.51. The molecule has 24 heavy (non-hydrogen) atoms. The SMILES string of the molecule is COc1ccc(-c2nnn[nH]2)c(N2C(=O)c3ccccc3C2=O)c1. The van der Waals surface area contributed by atoms with E-state index in [2.05, 4.69) is 20.6 Å². The van der Waals surface area contributed by atoms with Gasteiger partial charge in [0.15, 0.2) is 5.82 Å². The number of hydrogen-bond donors (Lipinski definition) is 1. The first-order valence-corrected chi connectivity index (χ1v) is 7.10. The topological polar surface area (TPSA) is 101 Å². The molecular formula is C16H11N5O3. The predicted octanol–water partition coefficient (Wildman–Crippen LogP) is 1.68. The Hall–Kier alpha value is -3.55. The number of ether oxygens (including phenoxy) is 1. The Balaban J connectivity index is 1.91. The van der Waals surface area contributed by atoms with E-state index in [1.807, 2.05) is 0 Å². The second kappa shape index (κ2) is 5.27. The van der Waals surface area contributed by atoms with E-state index in [4.69, 9.17) is 4.74 Å². The molecule has 2 aromatic carbocycles. The lowest BCUT2D eigenvalue weighted by Crippen LogP contribution is -2.30. The molecule has 0 spiro atoms. The van der Waals surface area contributed by atoms with Crippen molar-refractivity contribution < 1.29 is 14.3 Å². The molecule has 0 atom stereocenters. The number of amides is 2. The number of benzene rings is 2. The van der Waals surface area contributed by atoms with Gasteiger partial charge in [-0.2, -0.15) is 0 Å². The van der Waals surface area contributed by atoms with Crippen LogP contribution in [0.25, 0.3) is 11.4 Å². The third-order valence-corrected chi connectivity index (χ3v) is 3.84. The Labute approximate surface area is 136 Å². The minimum Gasteiger partial charge on any atom is -0.497 e. The number of aromatic nitrogens is 4. The van der Waals surface area contributed by atoms with Crippen molar-refractivity contribution in [2.24, 2.45) is 0 Å². The Morgan fingerprint density at radius 2 is 1.71 bits per heavy atom. The fourth-order valence-electron chi connectivity index (χ4n) is 2.70. The maximum absolute atomic E-state index is 12.7. The van der Waals surface area contributed by atoms with Crippen molar-refractivity contribution in [1.82, 2.24) is 20.6 Å². The van der Waals surface area contributed by atoms with Crippen molar-refractivity contribution in [3.63, 3.8) is 0 Å².